The van der Waals surface area contributed by atoms with Crippen molar-refractivity contribution in [2.24, 2.45) is 0 Å². The molecule has 1 aromatic rings. The van der Waals surface area contributed by atoms with Gasteiger partial charge in [-0.2, -0.15) is 0 Å². The van der Waals surface area contributed by atoms with Crippen molar-refractivity contribution in [2.75, 3.05) is 33.2 Å². The maximum atomic E-state index is 12.7. The second kappa shape index (κ2) is 8.04. The second-order valence-electron chi connectivity index (χ2n) is 7.25. The van der Waals surface area contributed by atoms with Crippen LogP contribution in [-0.2, 0) is 10.0 Å². The van der Waals surface area contributed by atoms with Crippen LogP contribution in [0.25, 0.3) is 0 Å². The number of likely N-dealkylation sites (N-methyl/N-ethyl adjacent to an activating group) is 1. The number of nitrogens with zero attached hydrogens (tertiary/aromatic N) is 2. The number of hydrogen-bond donors (Lipinski definition) is 2. The molecule has 1 aromatic carbocycles. The minimum Gasteiger partial charge on any atom is -0.393 e. The second-order valence-corrected chi connectivity index (χ2v) is 8.96. The number of aliphatic hydroxyl groups excluding tert-OH is 1. The van der Waals surface area contributed by atoms with E-state index in [1.807, 2.05) is 7.05 Å². The predicted octanol–water partition coefficient (Wildman–Crippen LogP) is 0.656. The number of benzene rings is 1. The third-order valence-corrected chi connectivity index (χ3v) is 6.72. The Labute approximate surface area is 155 Å². The molecule has 0 aromatic heterocycles. The largest absolute Gasteiger partial charge is 0.393 e. The average Bonchev–Trinajstić information content (AvgIpc) is 2.64. The monoisotopic (exact) mass is 381 g/mol. The van der Waals surface area contributed by atoms with Crippen molar-refractivity contribution in [2.45, 2.75) is 42.7 Å². The molecule has 0 unspecified atom stereocenters. The number of aliphatic hydroxyl groups is 1. The van der Waals surface area contributed by atoms with Crippen LogP contribution in [0, 0.1) is 0 Å². The van der Waals surface area contributed by atoms with Gasteiger partial charge in [-0.3, -0.25) is 4.79 Å². The first-order valence-corrected chi connectivity index (χ1v) is 10.6. The molecule has 0 radical (unpaired) electrons. The molecule has 1 saturated carbocycles. The number of rotatable bonds is 4. The summed E-state index contributed by atoms with van der Waals surface area (Å²) >= 11 is 0. The van der Waals surface area contributed by atoms with Gasteiger partial charge in [-0.25, -0.2) is 13.1 Å². The Morgan fingerprint density at radius 3 is 2.42 bits per heavy atom. The van der Waals surface area contributed by atoms with Crippen LogP contribution in [0.1, 0.15) is 36.0 Å². The molecule has 1 amide bonds. The molecular weight excluding hydrogens is 354 g/mol. The van der Waals surface area contributed by atoms with Gasteiger partial charge in [-0.05, 0) is 50.9 Å². The fraction of sp³-hybridized carbons (Fsp3) is 0.611. The maximum Gasteiger partial charge on any atom is 0.253 e. The van der Waals surface area contributed by atoms with E-state index in [4.69, 9.17) is 0 Å². The smallest absolute Gasteiger partial charge is 0.253 e. The standard InChI is InChI=1S/C18H27N3O4S/c1-20-9-11-21(12-10-20)18(23)14-3-2-4-17(13-14)26(24,25)19-15-5-7-16(22)8-6-15/h2-4,13,15-16,19,22H,5-12H2,1H3. The van der Waals surface area contributed by atoms with Crippen LogP contribution in [0.5, 0.6) is 0 Å². The summed E-state index contributed by atoms with van der Waals surface area (Å²) in [6.07, 6.45) is 2.13. The van der Waals surface area contributed by atoms with E-state index < -0.39 is 10.0 Å². The van der Waals surface area contributed by atoms with Gasteiger partial charge < -0.3 is 14.9 Å². The number of carbonyl (C=O) groups excluding carboxylic acids is 1. The molecule has 3 rings (SSSR count). The first-order valence-electron chi connectivity index (χ1n) is 9.13. The molecule has 0 bridgehead atoms. The van der Waals surface area contributed by atoms with Gasteiger partial charge in [0.25, 0.3) is 5.91 Å². The van der Waals surface area contributed by atoms with E-state index in [-0.39, 0.29) is 22.9 Å². The van der Waals surface area contributed by atoms with E-state index >= 15 is 0 Å². The van der Waals surface area contributed by atoms with Gasteiger partial charge in [0.15, 0.2) is 0 Å². The predicted molar refractivity (Wildman–Crippen MR) is 98.4 cm³/mol. The van der Waals surface area contributed by atoms with Crippen LogP contribution in [-0.4, -0.2) is 74.6 Å². The summed E-state index contributed by atoms with van der Waals surface area (Å²) in [5.41, 5.74) is 0.400. The van der Waals surface area contributed by atoms with Gasteiger partial charge in [0.05, 0.1) is 11.0 Å². The Morgan fingerprint density at radius 1 is 1.12 bits per heavy atom. The van der Waals surface area contributed by atoms with Crippen LogP contribution >= 0.6 is 0 Å². The molecule has 0 spiro atoms. The Hall–Kier alpha value is -1.48. The Balaban J connectivity index is 1.70. The lowest BCUT2D eigenvalue weighted by atomic mass is 9.94. The van der Waals surface area contributed by atoms with Crippen molar-refractivity contribution in [1.29, 1.82) is 0 Å². The Kier molecular flexibility index (Phi) is 5.96. The van der Waals surface area contributed by atoms with Crippen molar-refractivity contribution in [1.82, 2.24) is 14.5 Å². The molecule has 1 saturated heterocycles. The van der Waals surface area contributed by atoms with Crippen molar-refractivity contribution >= 4 is 15.9 Å². The van der Waals surface area contributed by atoms with Gasteiger partial charge in [-0.15, -0.1) is 0 Å². The van der Waals surface area contributed by atoms with E-state index in [9.17, 15) is 18.3 Å². The lowest BCUT2D eigenvalue weighted by Crippen LogP contribution is -2.47. The van der Waals surface area contributed by atoms with Gasteiger partial charge in [0, 0.05) is 37.8 Å². The summed E-state index contributed by atoms with van der Waals surface area (Å²) in [7, 11) is -1.66. The quantitative estimate of drug-likeness (QED) is 0.800. The number of carbonyl (C=O) groups is 1. The van der Waals surface area contributed by atoms with Crippen LogP contribution in [0.3, 0.4) is 0 Å². The van der Waals surface area contributed by atoms with Gasteiger partial charge in [0.1, 0.15) is 0 Å². The molecule has 1 heterocycles. The normalized spacial score (nSPS) is 25.2. The highest BCUT2D eigenvalue weighted by atomic mass is 32.2. The molecule has 2 fully saturated rings. The SMILES string of the molecule is CN1CCN(C(=O)c2cccc(S(=O)(=O)NC3CCC(O)CC3)c2)CC1. The van der Waals surface area contributed by atoms with Gasteiger partial charge in [-0.1, -0.05) is 6.07 Å². The number of amides is 1. The lowest BCUT2D eigenvalue weighted by Gasteiger charge is -2.32. The number of hydrogen-bond acceptors (Lipinski definition) is 5. The van der Waals surface area contributed by atoms with Crippen LogP contribution in [0.15, 0.2) is 29.2 Å². The van der Waals surface area contributed by atoms with Crippen molar-refractivity contribution in [3.05, 3.63) is 29.8 Å². The number of nitrogens with one attached hydrogen (secondary N) is 1. The first kappa shape index (κ1) is 19.3. The summed E-state index contributed by atoms with van der Waals surface area (Å²) in [5.74, 6) is -0.129. The van der Waals surface area contributed by atoms with Crippen LogP contribution in [0.2, 0.25) is 0 Å². The van der Waals surface area contributed by atoms with Crippen molar-refractivity contribution in [3.8, 4) is 0 Å². The minimum atomic E-state index is -3.68. The molecule has 2 aliphatic rings. The molecule has 7 nitrogen and oxygen atoms in total. The molecule has 1 aliphatic heterocycles. The maximum absolute atomic E-state index is 12.7. The van der Waals surface area contributed by atoms with Crippen molar-refractivity contribution in [3.63, 3.8) is 0 Å². The van der Waals surface area contributed by atoms with Crippen LogP contribution in [0.4, 0.5) is 0 Å². The third-order valence-electron chi connectivity index (χ3n) is 5.20. The summed E-state index contributed by atoms with van der Waals surface area (Å²) in [6.45, 7) is 2.93. The highest BCUT2D eigenvalue weighted by Crippen LogP contribution is 2.21. The highest BCUT2D eigenvalue weighted by Gasteiger charge is 2.26. The zero-order chi connectivity index (χ0) is 18.7. The molecule has 144 valence electrons. The van der Waals surface area contributed by atoms with Gasteiger partial charge in [0.2, 0.25) is 10.0 Å². The van der Waals surface area contributed by atoms with E-state index in [0.717, 1.165) is 13.1 Å². The van der Waals surface area contributed by atoms with E-state index in [1.165, 1.54) is 12.1 Å². The highest BCUT2D eigenvalue weighted by molar-refractivity contribution is 7.89. The molecule has 8 heteroatoms. The third kappa shape index (κ3) is 4.62. The topological polar surface area (TPSA) is 90.0 Å². The molecule has 0 atom stereocenters. The van der Waals surface area contributed by atoms with Crippen molar-refractivity contribution < 1.29 is 18.3 Å². The first-order chi connectivity index (χ1) is 12.3. The average molecular weight is 381 g/mol. The van der Waals surface area contributed by atoms with Crippen LogP contribution < -0.4 is 4.72 Å². The zero-order valence-corrected chi connectivity index (χ0v) is 15.9. The fourth-order valence-corrected chi connectivity index (χ4v) is 4.82. The Morgan fingerprint density at radius 2 is 1.77 bits per heavy atom. The summed E-state index contributed by atoms with van der Waals surface area (Å²) < 4.78 is 28.1. The summed E-state index contributed by atoms with van der Waals surface area (Å²) in [5, 5.41) is 9.56. The minimum absolute atomic E-state index is 0.114. The summed E-state index contributed by atoms with van der Waals surface area (Å²) in [4.78, 5) is 16.7. The Bertz CT molecular complexity index is 737. The number of sulfonamides is 1. The number of piperazine rings is 1. The lowest BCUT2D eigenvalue weighted by molar-refractivity contribution is 0.0664. The van der Waals surface area contributed by atoms with Gasteiger partial charge >= 0.3 is 0 Å². The van der Waals surface area contributed by atoms with E-state index in [1.54, 1.807) is 17.0 Å². The zero-order valence-electron chi connectivity index (χ0n) is 15.1. The molecule has 2 N–H and O–H groups in total. The van der Waals surface area contributed by atoms with E-state index in [0.29, 0.717) is 44.3 Å². The molecule has 1 aliphatic carbocycles. The summed E-state index contributed by atoms with van der Waals surface area (Å²) in [6, 6.07) is 6.08. The molecule has 26 heavy (non-hydrogen) atoms. The molecular formula is C18H27N3O4S. The fourth-order valence-electron chi connectivity index (χ4n) is 3.47. The van der Waals surface area contributed by atoms with E-state index in [2.05, 4.69) is 9.62 Å².